The normalized spacial score (nSPS) is 9.33. The van der Waals surface area contributed by atoms with Crippen LogP contribution in [0.3, 0.4) is 0 Å². The molecule has 0 amide bonds. The van der Waals surface area contributed by atoms with Gasteiger partial charge in [0.1, 0.15) is 13.2 Å². The van der Waals surface area contributed by atoms with Gasteiger partial charge in [-0.1, -0.05) is 114 Å². The molecule has 4 radical (unpaired) electrons. The SMILES string of the molecule is O=C([O-])/C=C\C(=O)OCc1ccccc1.O=C([O-])/C=C\C(=O)OCc1ccccc1.[CH2]CCC.[CH2]CCC.[Sn+2]. The fourth-order valence-corrected chi connectivity index (χ4v) is 1.83. The largest absolute Gasteiger partial charge is 2.00 e. The molecule has 0 spiro atoms. The summed E-state index contributed by atoms with van der Waals surface area (Å²) in [6, 6.07) is 18.2. The molecule has 0 fully saturated rings. The Morgan fingerprint density at radius 3 is 1.15 bits per heavy atom. The van der Waals surface area contributed by atoms with E-state index in [1.165, 1.54) is 12.8 Å². The van der Waals surface area contributed by atoms with E-state index in [1.54, 1.807) is 24.3 Å². The number of aliphatic carboxylic acids is 2. The Bertz CT molecular complexity index is 874. The first-order valence-electron chi connectivity index (χ1n) is 12.0. The molecule has 0 aromatic heterocycles. The van der Waals surface area contributed by atoms with Gasteiger partial charge in [0.2, 0.25) is 0 Å². The summed E-state index contributed by atoms with van der Waals surface area (Å²) in [5.41, 5.74) is 1.68. The molecule has 2 rings (SSSR count). The number of esters is 2. The van der Waals surface area contributed by atoms with Crippen molar-refractivity contribution in [2.45, 2.75) is 52.7 Å². The Hall–Kier alpha value is -3.40. The first kappa shape index (κ1) is 40.1. The van der Waals surface area contributed by atoms with Gasteiger partial charge in [0.15, 0.2) is 0 Å². The Morgan fingerprint density at radius 2 is 0.923 bits per heavy atom. The van der Waals surface area contributed by atoms with Crippen LogP contribution in [0.2, 0.25) is 0 Å². The van der Waals surface area contributed by atoms with Crippen LogP contribution in [0.15, 0.2) is 85.0 Å². The van der Waals surface area contributed by atoms with E-state index in [-0.39, 0.29) is 37.1 Å². The Balaban J connectivity index is -0.000000512. The fraction of sp³-hybridized carbons (Fsp3) is 0.267. The maximum absolute atomic E-state index is 10.9. The van der Waals surface area contributed by atoms with Crippen molar-refractivity contribution in [2.24, 2.45) is 0 Å². The van der Waals surface area contributed by atoms with Crippen LogP contribution < -0.4 is 10.2 Å². The summed E-state index contributed by atoms with van der Waals surface area (Å²) >= 11 is 0. The van der Waals surface area contributed by atoms with Gasteiger partial charge in [-0.05, 0) is 23.3 Å². The second kappa shape index (κ2) is 29.2. The molecule has 2 aromatic carbocycles. The number of unbranched alkanes of at least 4 members (excludes halogenated alkanes) is 2. The van der Waals surface area contributed by atoms with E-state index >= 15 is 0 Å². The van der Waals surface area contributed by atoms with Crippen molar-refractivity contribution in [2.75, 3.05) is 0 Å². The molecule has 0 N–H and O–H groups in total. The maximum atomic E-state index is 10.9. The predicted molar refractivity (Wildman–Crippen MR) is 147 cm³/mol. The van der Waals surface area contributed by atoms with Crippen LogP contribution in [0.5, 0.6) is 0 Å². The zero-order valence-corrected chi connectivity index (χ0v) is 25.4. The van der Waals surface area contributed by atoms with E-state index in [4.69, 9.17) is 9.47 Å². The van der Waals surface area contributed by atoms with Crippen LogP contribution in [-0.4, -0.2) is 47.8 Å². The first-order valence-corrected chi connectivity index (χ1v) is 12.0. The average Bonchev–Trinajstić information content (AvgIpc) is 2.94. The molecule has 0 saturated carbocycles. The molecule has 0 atom stereocenters. The van der Waals surface area contributed by atoms with Gasteiger partial charge in [-0.2, -0.15) is 0 Å². The van der Waals surface area contributed by atoms with Crippen molar-refractivity contribution < 1.29 is 38.9 Å². The number of carboxylic acid groups (broad SMARTS) is 2. The van der Waals surface area contributed by atoms with Gasteiger partial charge in [0, 0.05) is 12.2 Å². The van der Waals surface area contributed by atoms with Crippen molar-refractivity contribution in [3.63, 3.8) is 0 Å². The molecule has 9 heteroatoms. The maximum Gasteiger partial charge on any atom is 2.00 e. The van der Waals surface area contributed by atoms with E-state index in [1.807, 2.05) is 36.4 Å². The second-order valence-electron chi connectivity index (χ2n) is 7.20. The van der Waals surface area contributed by atoms with E-state index in [2.05, 4.69) is 27.7 Å². The molecule has 0 aliphatic rings. The number of ether oxygens (including phenoxy) is 2. The number of carbonyl (C=O) groups is 4. The van der Waals surface area contributed by atoms with Crippen molar-refractivity contribution in [3.8, 4) is 0 Å². The molecule has 39 heavy (non-hydrogen) atoms. The van der Waals surface area contributed by atoms with Crippen LogP contribution in [0.4, 0.5) is 0 Å². The second-order valence-corrected chi connectivity index (χ2v) is 7.20. The molecule has 2 aromatic rings. The summed E-state index contributed by atoms with van der Waals surface area (Å²) in [4.78, 5) is 41.8. The van der Waals surface area contributed by atoms with Crippen LogP contribution in [0.1, 0.15) is 50.7 Å². The Kier molecular flexibility index (Phi) is 30.0. The van der Waals surface area contributed by atoms with E-state index in [0.717, 1.165) is 36.1 Å². The van der Waals surface area contributed by atoms with Crippen LogP contribution in [0.25, 0.3) is 0 Å². The zero-order chi connectivity index (χ0) is 29.0. The molecule has 0 bridgehead atoms. The molecular formula is C30H36O8Sn. The van der Waals surface area contributed by atoms with Gasteiger partial charge in [0.25, 0.3) is 0 Å². The number of rotatable bonds is 10. The smallest absolute Gasteiger partial charge is 0.545 e. The molecule has 0 heterocycles. The van der Waals surface area contributed by atoms with Gasteiger partial charge in [-0.3, -0.25) is 0 Å². The third kappa shape index (κ3) is 30.7. The topological polar surface area (TPSA) is 133 Å². The summed E-state index contributed by atoms with van der Waals surface area (Å²) in [6.45, 7) is 11.7. The minimum Gasteiger partial charge on any atom is -0.545 e. The third-order valence-electron chi connectivity index (χ3n) is 3.87. The summed E-state index contributed by atoms with van der Waals surface area (Å²) in [7, 11) is 0. The van der Waals surface area contributed by atoms with Crippen molar-refractivity contribution in [1.82, 2.24) is 0 Å². The molecule has 0 aliphatic heterocycles. The van der Waals surface area contributed by atoms with Crippen molar-refractivity contribution in [3.05, 3.63) is 110 Å². The average molecular weight is 643 g/mol. The van der Waals surface area contributed by atoms with Crippen molar-refractivity contribution in [1.29, 1.82) is 0 Å². The number of carbonyl (C=O) groups excluding carboxylic acids is 4. The summed E-state index contributed by atoms with van der Waals surface area (Å²) in [5, 5.41) is 19.9. The Labute approximate surface area is 248 Å². The molecular weight excluding hydrogens is 607 g/mol. The van der Waals surface area contributed by atoms with Gasteiger partial charge < -0.3 is 29.3 Å². The predicted octanol–water partition coefficient (Wildman–Crippen LogP) is 2.93. The molecule has 0 aliphatic carbocycles. The molecule has 0 saturated heterocycles. The van der Waals surface area contributed by atoms with Gasteiger partial charge in [-0.25, -0.2) is 9.59 Å². The van der Waals surface area contributed by atoms with E-state index in [9.17, 15) is 29.4 Å². The van der Waals surface area contributed by atoms with Crippen LogP contribution >= 0.6 is 0 Å². The number of carboxylic acids is 2. The first-order chi connectivity index (χ1) is 18.2. The van der Waals surface area contributed by atoms with Crippen LogP contribution in [-0.2, 0) is 41.9 Å². The van der Waals surface area contributed by atoms with Gasteiger partial charge in [-0.15, -0.1) is 0 Å². The minimum absolute atomic E-state index is 0. The standard InChI is InChI=1S/2C11H10O4.2C4H9.Sn/c2*12-10(13)6-7-11(14)15-8-9-4-2-1-3-5-9;2*1-3-4-2;/h2*1-7H,8H2,(H,12,13);2*1,3-4H2,2H3;/q;;;;+2/p-2/b2*7-6-;;;. The zero-order valence-electron chi connectivity index (χ0n) is 22.5. The van der Waals surface area contributed by atoms with Crippen molar-refractivity contribution >= 4 is 47.8 Å². The molecule has 0 unspecified atom stereocenters. The summed E-state index contributed by atoms with van der Waals surface area (Å²) in [6.07, 6.45) is 7.46. The number of hydrogen-bond donors (Lipinski definition) is 0. The third-order valence-corrected chi connectivity index (χ3v) is 3.87. The molecule has 208 valence electrons. The van der Waals surface area contributed by atoms with Gasteiger partial charge in [0.05, 0.1) is 11.9 Å². The fourth-order valence-electron chi connectivity index (χ4n) is 1.83. The Morgan fingerprint density at radius 1 is 0.641 bits per heavy atom. The summed E-state index contributed by atoms with van der Waals surface area (Å²) < 4.78 is 9.52. The van der Waals surface area contributed by atoms with Gasteiger partial charge >= 0.3 is 35.8 Å². The minimum atomic E-state index is -1.42. The quantitative estimate of drug-likeness (QED) is 0.220. The van der Waals surface area contributed by atoms with Crippen LogP contribution in [0, 0.1) is 13.8 Å². The number of benzene rings is 2. The van der Waals surface area contributed by atoms with E-state index < -0.39 is 23.9 Å². The number of hydrogen-bond acceptors (Lipinski definition) is 8. The summed E-state index contributed by atoms with van der Waals surface area (Å²) in [5.74, 6) is -4.26. The van der Waals surface area contributed by atoms with E-state index in [0.29, 0.717) is 12.2 Å². The monoisotopic (exact) mass is 644 g/mol. The molecule has 8 nitrogen and oxygen atoms in total.